The first-order valence-electron chi connectivity index (χ1n) is 8.32. The molecule has 0 fully saturated rings. The maximum Gasteiger partial charge on any atom is 0.257 e. The molecule has 134 valence electrons. The third kappa shape index (κ3) is 3.88. The third-order valence-electron chi connectivity index (χ3n) is 3.64. The Balaban J connectivity index is 1.81. The average molecular weight is 351 g/mol. The summed E-state index contributed by atoms with van der Waals surface area (Å²) in [7, 11) is 0. The maximum absolute atomic E-state index is 12.5. The predicted molar refractivity (Wildman–Crippen MR) is 98.7 cm³/mol. The molecule has 0 spiro atoms. The highest BCUT2D eigenvalue weighted by Crippen LogP contribution is 2.20. The van der Waals surface area contributed by atoms with E-state index in [1.165, 1.54) is 6.20 Å². The number of nitrogens with one attached hydrogen (secondary N) is 2. The number of fused-ring (bicyclic) bond motifs is 1. The summed E-state index contributed by atoms with van der Waals surface area (Å²) in [5.41, 5.74) is 2.23. The van der Waals surface area contributed by atoms with Crippen LogP contribution in [0.2, 0.25) is 0 Å². The van der Waals surface area contributed by atoms with E-state index in [1.54, 1.807) is 10.7 Å². The van der Waals surface area contributed by atoms with Crippen molar-refractivity contribution in [3.8, 4) is 11.3 Å². The molecular formula is C19H21N5O2. The van der Waals surface area contributed by atoms with Gasteiger partial charge < -0.3 is 10.6 Å². The normalized spacial score (nSPS) is 11.3. The molecule has 0 aliphatic heterocycles. The van der Waals surface area contributed by atoms with Crippen molar-refractivity contribution in [2.45, 2.75) is 26.3 Å². The minimum Gasteiger partial charge on any atom is -0.350 e. The van der Waals surface area contributed by atoms with Crippen molar-refractivity contribution in [3.05, 3.63) is 54.4 Å². The molecule has 0 bridgehead atoms. The van der Waals surface area contributed by atoms with Crippen molar-refractivity contribution in [1.82, 2.24) is 25.2 Å². The van der Waals surface area contributed by atoms with E-state index >= 15 is 0 Å². The SMILES string of the molecule is CC(C)(C)NC(=O)CNC(=O)c1cnn2c(-c3ccccc3)ccnc12. The van der Waals surface area contributed by atoms with Gasteiger partial charge in [-0.15, -0.1) is 0 Å². The number of carbonyl (C=O) groups is 2. The largest absolute Gasteiger partial charge is 0.350 e. The minimum absolute atomic E-state index is 0.105. The van der Waals surface area contributed by atoms with Crippen LogP contribution in [0.5, 0.6) is 0 Å². The molecule has 0 unspecified atom stereocenters. The van der Waals surface area contributed by atoms with E-state index in [0.717, 1.165) is 11.3 Å². The van der Waals surface area contributed by atoms with Gasteiger partial charge in [0.15, 0.2) is 5.65 Å². The van der Waals surface area contributed by atoms with Crippen LogP contribution in [0.4, 0.5) is 0 Å². The van der Waals surface area contributed by atoms with Crippen molar-refractivity contribution < 1.29 is 9.59 Å². The number of rotatable bonds is 4. The fourth-order valence-electron chi connectivity index (χ4n) is 2.60. The number of amides is 2. The second-order valence-corrected chi connectivity index (χ2v) is 6.97. The number of benzene rings is 1. The summed E-state index contributed by atoms with van der Waals surface area (Å²) in [6.07, 6.45) is 3.11. The number of nitrogens with zero attached hydrogens (tertiary/aromatic N) is 3. The smallest absolute Gasteiger partial charge is 0.257 e. The van der Waals surface area contributed by atoms with Crippen LogP contribution in [-0.2, 0) is 4.79 Å². The van der Waals surface area contributed by atoms with Crippen LogP contribution in [0.3, 0.4) is 0 Å². The van der Waals surface area contributed by atoms with Gasteiger partial charge in [0.25, 0.3) is 5.91 Å². The summed E-state index contributed by atoms with van der Waals surface area (Å²) in [6, 6.07) is 11.6. The number of hydrogen-bond donors (Lipinski definition) is 2. The molecule has 2 aromatic heterocycles. The number of aromatic nitrogens is 3. The van der Waals surface area contributed by atoms with Crippen LogP contribution in [0, 0.1) is 0 Å². The molecule has 0 saturated heterocycles. The topological polar surface area (TPSA) is 88.4 Å². The van der Waals surface area contributed by atoms with Gasteiger partial charge in [0, 0.05) is 17.3 Å². The van der Waals surface area contributed by atoms with E-state index in [4.69, 9.17) is 0 Å². The van der Waals surface area contributed by atoms with Gasteiger partial charge in [-0.3, -0.25) is 9.59 Å². The highest BCUT2D eigenvalue weighted by molar-refractivity contribution is 6.01. The molecule has 2 N–H and O–H groups in total. The lowest BCUT2D eigenvalue weighted by molar-refractivity contribution is -0.121. The van der Waals surface area contributed by atoms with Crippen molar-refractivity contribution in [2.75, 3.05) is 6.54 Å². The first kappa shape index (κ1) is 17.6. The molecule has 2 heterocycles. The molecule has 3 rings (SSSR count). The maximum atomic E-state index is 12.5. The molecule has 0 atom stereocenters. The third-order valence-corrected chi connectivity index (χ3v) is 3.64. The van der Waals surface area contributed by atoms with Gasteiger partial charge in [0.1, 0.15) is 5.56 Å². The standard InChI is InChI=1S/C19H21N5O2/c1-19(2,3)23-16(25)12-21-18(26)14-11-22-24-15(9-10-20-17(14)24)13-7-5-4-6-8-13/h4-11H,12H2,1-3H3,(H,21,26)(H,23,25). The second kappa shape index (κ2) is 6.95. The van der Waals surface area contributed by atoms with Crippen LogP contribution < -0.4 is 10.6 Å². The van der Waals surface area contributed by atoms with Crippen molar-refractivity contribution >= 4 is 17.5 Å². The Kier molecular flexibility index (Phi) is 4.71. The molecule has 7 heteroatoms. The Morgan fingerprint density at radius 3 is 2.54 bits per heavy atom. The second-order valence-electron chi connectivity index (χ2n) is 6.97. The van der Waals surface area contributed by atoms with Crippen LogP contribution in [-0.4, -0.2) is 38.5 Å². The molecule has 0 saturated carbocycles. The van der Waals surface area contributed by atoms with Crippen LogP contribution >= 0.6 is 0 Å². The Bertz CT molecular complexity index is 941. The van der Waals surface area contributed by atoms with E-state index in [0.29, 0.717) is 11.2 Å². The van der Waals surface area contributed by atoms with E-state index in [9.17, 15) is 9.59 Å². The quantitative estimate of drug-likeness (QED) is 0.753. The summed E-state index contributed by atoms with van der Waals surface area (Å²) in [6.45, 7) is 5.54. The molecular weight excluding hydrogens is 330 g/mol. The van der Waals surface area contributed by atoms with E-state index < -0.39 is 0 Å². The van der Waals surface area contributed by atoms with Gasteiger partial charge >= 0.3 is 0 Å². The lowest BCUT2D eigenvalue weighted by Gasteiger charge is -2.20. The lowest BCUT2D eigenvalue weighted by Crippen LogP contribution is -2.45. The zero-order chi connectivity index (χ0) is 18.7. The molecule has 2 amide bonds. The summed E-state index contributed by atoms with van der Waals surface area (Å²) >= 11 is 0. The molecule has 1 aromatic carbocycles. The Morgan fingerprint density at radius 2 is 1.85 bits per heavy atom. The molecule has 0 aliphatic rings. The lowest BCUT2D eigenvalue weighted by atomic mass is 10.1. The van der Waals surface area contributed by atoms with Gasteiger partial charge in [0.2, 0.25) is 5.91 Å². The Hall–Kier alpha value is -3.22. The monoisotopic (exact) mass is 351 g/mol. The van der Waals surface area contributed by atoms with E-state index in [2.05, 4.69) is 20.7 Å². The Morgan fingerprint density at radius 1 is 1.12 bits per heavy atom. The first-order valence-corrected chi connectivity index (χ1v) is 8.32. The molecule has 7 nitrogen and oxygen atoms in total. The van der Waals surface area contributed by atoms with Gasteiger partial charge in [-0.05, 0) is 26.8 Å². The van der Waals surface area contributed by atoms with Gasteiger partial charge in [-0.2, -0.15) is 5.10 Å². The van der Waals surface area contributed by atoms with Gasteiger partial charge in [0.05, 0.1) is 18.4 Å². The Labute approximate surface area is 151 Å². The summed E-state index contributed by atoms with van der Waals surface area (Å²) < 4.78 is 1.62. The van der Waals surface area contributed by atoms with Crippen LogP contribution in [0.25, 0.3) is 16.9 Å². The van der Waals surface area contributed by atoms with Crippen LogP contribution in [0.15, 0.2) is 48.8 Å². The van der Waals surface area contributed by atoms with Crippen molar-refractivity contribution in [2.24, 2.45) is 0 Å². The zero-order valence-electron chi connectivity index (χ0n) is 15.0. The minimum atomic E-state index is -0.387. The molecule has 3 aromatic rings. The molecule has 0 aliphatic carbocycles. The summed E-state index contributed by atoms with van der Waals surface area (Å²) in [4.78, 5) is 28.6. The summed E-state index contributed by atoms with van der Waals surface area (Å²) in [5.74, 6) is -0.637. The number of hydrogen-bond acceptors (Lipinski definition) is 4. The van der Waals surface area contributed by atoms with E-state index in [-0.39, 0.29) is 23.9 Å². The number of carbonyl (C=O) groups excluding carboxylic acids is 2. The van der Waals surface area contributed by atoms with Crippen molar-refractivity contribution in [1.29, 1.82) is 0 Å². The van der Waals surface area contributed by atoms with Crippen LogP contribution in [0.1, 0.15) is 31.1 Å². The highest BCUT2D eigenvalue weighted by atomic mass is 16.2. The first-order chi connectivity index (χ1) is 12.3. The summed E-state index contributed by atoms with van der Waals surface area (Å²) in [5, 5.41) is 9.71. The fraction of sp³-hybridized carbons (Fsp3) is 0.263. The molecule has 26 heavy (non-hydrogen) atoms. The average Bonchev–Trinajstić information content (AvgIpc) is 3.03. The highest BCUT2D eigenvalue weighted by Gasteiger charge is 2.18. The van der Waals surface area contributed by atoms with Crippen molar-refractivity contribution in [3.63, 3.8) is 0 Å². The predicted octanol–water partition coefficient (Wildman–Crippen LogP) is 2.04. The van der Waals surface area contributed by atoms with Gasteiger partial charge in [-0.25, -0.2) is 9.50 Å². The fourth-order valence-corrected chi connectivity index (χ4v) is 2.60. The zero-order valence-corrected chi connectivity index (χ0v) is 15.0. The van der Waals surface area contributed by atoms with Gasteiger partial charge in [-0.1, -0.05) is 30.3 Å². The molecule has 0 radical (unpaired) electrons. The van der Waals surface area contributed by atoms with E-state index in [1.807, 2.05) is 57.2 Å².